The average Bonchev–Trinajstić information content (AvgIpc) is 3.04. The minimum Gasteiger partial charge on any atom is -0.388 e. The highest BCUT2D eigenvalue weighted by Gasteiger charge is 2.56. The van der Waals surface area contributed by atoms with Gasteiger partial charge in [-0.3, -0.25) is 4.90 Å². The lowest BCUT2D eigenvalue weighted by Gasteiger charge is -2.52. The summed E-state index contributed by atoms with van der Waals surface area (Å²) in [7, 11) is 4.11. The summed E-state index contributed by atoms with van der Waals surface area (Å²) >= 11 is 0. The van der Waals surface area contributed by atoms with Crippen molar-refractivity contribution in [1.82, 2.24) is 14.7 Å². The number of hydrogen-bond donors (Lipinski definition) is 2. The first kappa shape index (κ1) is 24.9. The number of β-amino-alcohol motifs (C(OH)–C–C–N with tert-alkyl or cyclic N) is 1. The van der Waals surface area contributed by atoms with Crippen molar-refractivity contribution in [2.24, 2.45) is 5.92 Å². The summed E-state index contributed by atoms with van der Waals surface area (Å²) in [4.78, 5) is 19.9. The molecule has 8 heteroatoms. The molecule has 4 fully saturated rings. The number of aliphatic hydroxyl groups is 2. The largest absolute Gasteiger partial charge is 0.388 e. The summed E-state index contributed by atoms with van der Waals surface area (Å²) in [6.45, 7) is 2.15. The number of rotatable bonds is 6. The Balaban J connectivity index is 1.39. The van der Waals surface area contributed by atoms with Gasteiger partial charge in [-0.05, 0) is 89.1 Å². The highest BCUT2D eigenvalue weighted by Crippen LogP contribution is 2.50. The van der Waals surface area contributed by atoms with Crippen LogP contribution in [0.3, 0.4) is 0 Å². The number of benzene rings is 1. The van der Waals surface area contributed by atoms with Gasteiger partial charge in [0.05, 0.1) is 24.3 Å². The number of ether oxygens (including phenoxy) is 1. The Morgan fingerprint density at radius 2 is 1.91 bits per heavy atom. The lowest BCUT2D eigenvalue weighted by molar-refractivity contribution is -0.139. The number of carbonyl (C=O) groups is 1. The molecule has 2 amide bonds. The molecular formula is C27H40FN3O4. The van der Waals surface area contributed by atoms with Crippen molar-refractivity contribution in [1.29, 1.82) is 0 Å². The van der Waals surface area contributed by atoms with Gasteiger partial charge in [0.15, 0.2) is 6.29 Å². The number of carbonyl (C=O) groups excluding carboxylic acids is 1. The summed E-state index contributed by atoms with van der Waals surface area (Å²) in [6, 6.07) is 6.93. The second-order valence-corrected chi connectivity index (χ2v) is 11.7. The van der Waals surface area contributed by atoms with Crippen molar-refractivity contribution in [3.63, 3.8) is 0 Å². The standard InChI is InChI=1S/C27H40FN3O4/c1-29(2)27(21-5-3-6-22(28)16-21)12-10-25(11-13-27)18-30(17-20-7-14-35-23(32)15-20)24(33)31(25)19-26(34)8-4-9-26/h3,5-6,16,20,23,32,34H,4,7-15,17-19H2,1-2H3. The molecule has 4 aliphatic rings. The Bertz CT molecular complexity index is 929. The monoisotopic (exact) mass is 489 g/mol. The maximum absolute atomic E-state index is 14.2. The van der Waals surface area contributed by atoms with E-state index in [0.717, 1.165) is 56.9 Å². The molecule has 0 bridgehead atoms. The molecule has 1 aromatic rings. The second-order valence-electron chi connectivity index (χ2n) is 11.7. The van der Waals surface area contributed by atoms with Crippen LogP contribution in [0.15, 0.2) is 24.3 Å². The predicted molar refractivity (Wildman–Crippen MR) is 130 cm³/mol. The van der Waals surface area contributed by atoms with E-state index < -0.39 is 11.9 Å². The van der Waals surface area contributed by atoms with Gasteiger partial charge in [0.1, 0.15) is 5.82 Å². The lowest BCUT2D eigenvalue weighted by atomic mass is 9.67. The van der Waals surface area contributed by atoms with Crippen molar-refractivity contribution in [2.45, 2.75) is 80.8 Å². The third-order valence-corrected chi connectivity index (χ3v) is 9.37. The number of nitrogens with zero attached hydrogens (tertiary/aromatic N) is 3. The van der Waals surface area contributed by atoms with Gasteiger partial charge >= 0.3 is 6.03 Å². The smallest absolute Gasteiger partial charge is 0.320 e. The quantitative estimate of drug-likeness (QED) is 0.641. The molecule has 1 spiro atoms. The molecule has 2 aliphatic carbocycles. The molecule has 0 radical (unpaired) electrons. The number of aliphatic hydroxyl groups excluding tert-OH is 1. The van der Waals surface area contributed by atoms with Crippen LogP contribution in [0.2, 0.25) is 0 Å². The number of amides is 2. The topological polar surface area (TPSA) is 76.5 Å². The molecule has 7 nitrogen and oxygen atoms in total. The fourth-order valence-electron chi connectivity index (χ4n) is 6.95. The summed E-state index contributed by atoms with van der Waals surface area (Å²) < 4.78 is 19.5. The highest BCUT2D eigenvalue weighted by molar-refractivity contribution is 5.78. The van der Waals surface area contributed by atoms with Gasteiger partial charge in [0.25, 0.3) is 0 Å². The molecule has 2 atom stereocenters. The summed E-state index contributed by atoms with van der Waals surface area (Å²) in [6.07, 6.45) is 6.34. The highest BCUT2D eigenvalue weighted by atomic mass is 19.1. The van der Waals surface area contributed by atoms with Gasteiger partial charge in [-0.15, -0.1) is 0 Å². The molecular weight excluding hydrogens is 449 g/mol. The van der Waals surface area contributed by atoms with E-state index in [4.69, 9.17) is 4.74 Å². The van der Waals surface area contributed by atoms with Crippen LogP contribution in [0.5, 0.6) is 0 Å². The van der Waals surface area contributed by atoms with Crippen LogP contribution >= 0.6 is 0 Å². The van der Waals surface area contributed by atoms with Crippen LogP contribution < -0.4 is 0 Å². The van der Waals surface area contributed by atoms with E-state index in [1.807, 2.05) is 15.9 Å². The Morgan fingerprint density at radius 3 is 2.51 bits per heavy atom. The van der Waals surface area contributed by atoms with E-state index in [0.29, 0.717) is 32.7 Å². The Kier molecular flexibility index (Phi) is 6.62. The molecule has 2 heterocycles. The molecule has 35 heavy (non-hydrogen) atoms. The van der Waals surface area contributed by atoms with E-state index >= 15 is 0 Å². The van der Waals surface area contributed by atoms with Crippen molar-refractivity contribution < 1.29 is 24.1 Å². The Morgan fingerprint density at radius 1 is 1.17 bits per heavy atom. The van der Waals surface area contributed by atoms with Gasteiger partial charge in [-0.2, -0.15) is 0 Å². The summed E-state index contributed by atoms with van der Waals surface area (Å²) in [5.74, 6) is -0.0121. The minimum atomic E-state index is -0.786. The predicted octanol–water partition coefficient (Wildman–Crippen LogP) is 3.29. The minimum absolute atomic E-state index is 0.00872. The van der Waals surface area contributed by atoms with E-state index in [-0.39, 0.29) is 28.8 Å². The molecule has 2 saturated heterocycles. The van der Waals surface area contributed by atoms with Gasteiger partial charge in [0, 0.05) is 25.0 Å². The summed E-state index contributed by atoms with van der Waals surface area (Å²) in [5.41, 5.74) is -0.419. The Hall–Kier alpha value is -1.74. The van der Waals surface area contributed by atoms with Crippen molar-refractivity contribution in [3.8, 4) is 0 Å². The maximum atomic E-state index is 14.2. The third kappa shape index (κ3) is 4.59. The van der Waals surface area contributed by atoms with Gasteiger partial charge in [-0.1, -0.05) is 12.1 Å². The molecule has 2 saturated carbocycles. The second kappa shape index (κ2) is 9.29. The normalized spacial score (nSPS) is 35.1. The van der Waals surface area contributed by atoms with Crippen LogP contribution in [-0.4, -0.2) is 88.7 Å². The van der Waals surface area contributed by atoms with Crippen molar-refractivity contribution in [3.05, 3.63) is 35.6 Å². The molecule has 2 aliphatic heterocycles. The van der Waals surface area contributed by atoms with E-state index in [1.165, 1.54) is 6.07 Å². The van der Waals surface area contributed by atoms with Crippen LogP contribution in [-0.2, 0) is 10.3 Å². The van der Waals surface area contributed by atoms with Crippen LogP contribution in [0.25, 0.3) is 0 Å². The van der Waals surface area contributed by atoms with Crippen LogP contribution in [0, 0.1) is 11.7 Å². The zero-order valence-electron chi connectivity index (χ0n) is 21.1. The molecule has 5 rings (SSSR count). The number of halogens is 1. The molecule has 2 N–H and O–H groups in total. The molecule has 0 aromatic heterocycles. The number of urea groups is 1. The van der Waals surface area contributed by atoms with Gasteiger partial charge in [0.2, 0.25) is 0 Å². The molecule has 1 aromatic carbocycles. The lowest BCUT2D eigenvalue weighted by Crippen LogP contribution is -2.59. The third-order valence-electron chi connectivity index (χ3n) is 9.37. The Labute approximate surface area is 207 Å². The molecule has 2 unspecified atom stereocenters. The van der Waals surface area contributed by atoms with Crippen molar-refractivity contribution >= 4 is 6.03 Å². The van der Waals surface area contributed by atoms with Gasteiger partial charge in [-0.25, -0.2) is 9.18 Å². The first-order valence-electron chi connectivity index (χ1n) is 13.2. The maximum Gasteiger partial charge on any atom is 0.320 e. The first-order chi connectivity index (χ1) is 16.6. The van der Waals surface area contributed by atoms with E-state index in [9.17, 15) is 19.4 Å². The fourth-order valence-corrected chi connectivity index (χ4v) is 6.95. The first-order valence-corrected chi connectivity index (χ1v) is 13.2. The average molecular weight is 490 g/mol. The summed E-state index contributed by atoms with van der Waals surface area (Å²) in [5, 5.41) is 21.0. The number of hydrogen-bond acceptors (Lipinski definition) is 5. The fraction of sp³-hybridized carbons (Fsp3) is 0.741. The van der Waals surface area contributed by atoms with E-state index in [1.54, 1.807) is 12.1 Å². The van der Waals surface area contributed by atoms with Crippen molar-refractivity contribution in [2.75, 3.05) is 40.3 Å². The molecule has 194 valence electrons. The zero-order chi connectivity index (χ0) is 24.8. The van der Waals surface area contributed by atoms with Crippen LogP contribution in [0.4, 0.5) is 9.18 Å². The SMILES string of the molecule is CN(C)C1(c2cccc(F)c2)CCC2(CC1)CN(CC1CCOC(O)C1)C(=O)N2CC1(O)CCC1. The van der Waals surface area contributed by atoms with E-state index in [2.05, 4.69) is 19.0 Å². The van der Waals surface area contributed by atoms with Crippen LogP contribution in [0.1, 0.15) is 63.4 Å². The zero-order valence-corrected chi connectivity index (χ0v) is 21.1. The van der Waals surface area contributed by atoms with Gasteiger partial charge < -0.3 is 24.7 Å².